The molecular weight excluding hydrogens is 838 g/mol. The highest BCUT2D eigenvalue weighted by atomic mass is 35.5. The van der Waals surface area contributed by atoms with Crippen LogP contribution in [0, 0.1) is 11.6 Å². The molecule has 19 heteroatoms. The van der Waals surface area contributed by atoms with Crippen LogP contribution in [0.5, 0.6) is 0 Å². The SMILES string of the molecule is CC(=O)NC[C@H]1CN(c2ccc(-c3ccc(CCl)cc3)c(F)c2)C(=O)O1.CC(=O)NC[C@H]1CN(c2ccc(-c3ccc(Cn4ccnc4N)cc3)c(F)c2)C(=O)O1.Nc1ncc[nH]1. The highest BCUT2D eigenvalue weighted by Gasteiger charge is 2.34. The lowest BCUT2D eigenvalue weighted by atomic mass is 10.0. The first-order valence-corrected chi connectivity index (χ1v) is 20.1. The molecule has 2 atom stereocenters. The van der Waals surface area contributed by atoms with Gasteiger partial charge in [-0.25, -0.2) is 28.3 Å². The van der Waals surface area contributed by atoms with Gasteiger partial charge in [0.25, 0.3) is 0 Å². The van der Waals surface area contributed by atoms with Crippen LogP contribution in [0.25, 0.3) is 22.3 Å². The topological polar surface area (TPSA) is 216 Å². The van der Waals surface area contributed by atoms with E-state index < -0.39 is 36.0 Å². The number of nitrogen functional groups attached to an aromatic ring is 2. The van der Waals surface area contributed by atoms with Crippen molar-refractivity contribution in [1.82, 2.24) is 30.2 Å². The fraction of sp³-hybridized carbons (Fsp3) is 0.227. The lowest BCUT2D eigenvalue weighted by molar-refractivity contribution is -0.120. The molecule has 2 aliphatic rings. The van der Waals surface area contributed by atoms with Crippen molar-refractivity contribution in [1.29, 1.82) is 0 Å². The van der Waals surface area contributed by atoms with E-state index in [1.54, 1.807) is 49.1 Å². The number of anilines is 4. The summed E-state index contributed by atoms with van der Waals surface area (Å²) in [7, 11) is 0. The van der Waals surface area contributed by atoms with Crippen LogP contribution in [0.1, 0.15) is 25.0 Å². The van der Waals surface area contributed by atoms with Gasteiger partial charge in [-0.1, -0.05) is 48.5 Å². The smallest absolute Gasteiger partial charge is 0.414 e. The molecule has 7 N–H and O–H groups in total. The highest BCUT2D eigenvalue weighted by Crippen LogP contribution is 2.31. The number of halogens is 3. The molecule has 2 aromatic heterocycles. The number of carbonyl (C=O) groups is 4. The Bertz CT molecular complexity index is 2520. The molecule has 6 aromatic rings. The molecule has 0 aliphatic carbocycles. The number of aromatic nitrogens is 4. The van der Waals surface area contributed by atoms with Gasteiger partial charge in [-0.2, -0.15) is 0 Å². The average Bonchev–Trinajstić information content (AvgIpc) is 4.09. The van der Waals surface area contributed by atoms with Gasteiger partial charge >= 0.3 is 12.2 Å². The quantitative estimate of drug-likeness (QED) is 0.0895. The van der Waals surface area contributed by atoms with Crippen LogP contribution in [-0.2, 0) is 31.5 Å². The molecular formula is C44H45ClF2N10O6. The first kappa shape index (κ1) is 45.1. The summed E-state index contributed by atoms with van der Waals surface area (Å²) >= 11 is 5.77. The molecule has 0 unspecified atom stereocenters. The van der Waals surface area contributed by atoms with Crippen molar-refractivity contribution in [2.45, 2.75) is 38.5 Å². The number of H-pyrrole nitrogens is 1. The summed E-state index contributed by atoms with van der Waals surface area (Å²) in [5.74, 6) is 0.0275. The second-order valence-corrected chi connectivity index (χ2v) is 14.6. The largest absolute Gasteiger partial charge is 0.442 e. The molecule has 4 amide bonds. The molecule has 4 aromatic carbocycles. The molecule has 2 fully saturated rings. The number of ether oxygens (including phenoxy) is 2. The molecule has 0 saturated carbocycles. The summed E-state index contributed by atoms with van der Waals surface area (Å²) in [5, 5.41) is 5.22. The summed E-state index contributed by atoms with van der Waals surface area (Å²) in [4.78, 5) is 59.2. The Balaban J connectivity index is 0.000000187. The Labute approximate surface area is 366 Å². The van der Waals surface area contributed by atoms with Gasteiger partial charge in [0, 0.05) is 55.6 Å². The summed E-state index contributed by atoms with van der Waals surface area (Å²) in [5.41, 5.74) is 16.0. The zero-order chi connectivity index (χ0) is 45.0. The number of hydrogen-bond acceptors (Lipinski definition) is 10. The lowest BCUT2D eigenvalue weighted by Crippen LogP contribution is -2.33. The average molecular weight is 883 g/mol. The lowest BCUT2D eigenvalue weighted by Gasteiger charge is -2.15. The van der Waals surface area contributed by atoms with Crippen molar-refractivity contribution < 1.29 is 37.4 Å². The predicted molar refractivity (Wildman–Crippen MR) is 235 cm³/mol. The van der Waals surface area contributed by atoms with Crippen LogP contribution < -0.4 is 31.9 Å². The van der Waals surface area contributed by atoms with Crippen molar-refractivity contribution >= 4 is 58.9 Å². The summed E-state index contributed by atoms with van der Waals surface area (Å²) in [6.07, 6.45) is 4.66. The number of amides is 4. The molecule has 4 heterocycles. The van der Waals surface area contributed by atoms with E-state index in [2.05, 4.69) is 25.6 Å². The predicted octanol–water partition coefficient (Wildman–Crippen LogP) is 6.47. The molecule has 16 nitrogen and oxygen atoms in total. The van der Waals surface area contributed by atoms with E-state index in [1.165, 1.54) is 35.8 Å². The Morgan fingerprint density at radius 2 is 1.24 bits per heavy atom. The first-order valence-electron chi connectivity index (χ1n) is 19.6. The number of nitrogens with one attached hydrogen (secondary N) is 3. The van der Waals surface area contributed by atoms with Crippen molar-refractivity contribution in [3.63, 3.8) is 0 Å². The van der Waals surface area contributed by atoms with E-state index in [9.17, 15) is 28.0 Å². The Morgan fingerprint density at radius 1 is 0.746 bits per heavy atom. The minimum Gasteiger partial charge on any atom is -0.442 e. The van der Waals surface area contributed by atoms with Crippen LogP contribution in [-0.4, -0.2) is 81.9 Å². The number of hydrogen-bond donors (Lipinski definition) is 5. The molecule has 328 valence electrons. The number of imidazole rings is 2. The summed E-state index contributed by atoms with van der Waals surface area (Å²) in [6, 6.07) is 24.1. The standard InChI is InChI=1S/C22H22FN5O3.C19H18ClFN2O3.C3H5N3/c1-14(29)26-11-18-13-28(22(30)31-18)17-6-7-19(20(23)10-17)16-4-2-15(3-5-16)12-27-9-8-25-21(27)24;1-12(24)22-10-16-11-23(19(25)26-16)15-6-7-17(18(21)8-15)14-4-2-13(9-20)3-5-14;4-3-5-1-2-6-3/h2-10,18H,11-13H2,1H3,(H2,24,25)(H,26,29);2-8,16H,9-11H2,1H3,(H,22,24);1-2H,(H3,4,5,6)/t18-;16-;/m00./s1. The van der Waals surface area contributed by atoms with Gasteiger partial charge < -0.3 is 41.1 Å². The Kier molecular flexibility index (Phi) is 14.9. The summed E-state index contributed by atoms with van der Waals surface area (Å²) < 4.78 is 41.7. The number of rotatable bonds is 11. The van der Waals surface area contributed by atoms with E-state index in [1.807, 2.05) is 53.1 Å². The number of nitrogens with two attached hydrogens (primary N) is 2. The van der Waals surface area contributed by atoms with Gasteiger partial charge in [0.2, 0.25) is 11.8 Å². The molecule has 63 heavy (non-hydrogen) atoms. The van der Waals surface area contributed by atoms with Gasteiger partial charge in [-0.3, -0.25) is 19.4 Å². The van der Waals surface area contributed by atoms with Gasteiger partial charge in [0.1, 0.15) is 23.8 Å². The van der Waals surface area contributed by atoms with Gasteiger partial charge in [-0.05, 0) is 58.7 Å². The maximum atomic E-state index is 14.9. The fourth-order valence-electron chi connectivity index (χ4n) is 6.52. The number of benzene rings is 4. The number of alkyl halides is 1. The normalized spacial score (nSPS) is 15.4. The number of cyclic esters (lactones) is 2. The van der Waals surface area contributed by atoms with Crippen LogP contribution in [0.2, 0.25) is 0 Å². The molecule has 0 spiro atoms. The van der Waals surface area contributed by atoms with Crippen LogP contribution in [0.3, 0.4) is 0 Å². The second-order valence-electron chi connectivity index (χ2n) is 14.4. The van der Waals surface area contributed by atoms with Crippen LogP contribution >= 0.6 is 11.6 Å². The molecule has 0 radical (unpaired) electrons. The van der Waals surface area contributed by atoms with Crippen LogP contribution in [0.15, 0.2) is 110 Å². The van der Waals surface area contributed by atoms with Gasteiger partial charge in [0.05, 0.1) is 44.1 Å². The molecule has 8 rings (SSSR count). The zero-order valence-corrected chi connectivity index (χ0v) is 35.0. The third-order valence-electron chi connectivity index (χ3n) is 9.74. The minimum atomic E-state index is -0.564. The Hall–Kier alpha value is -7.47. The van der Waals surface area contributed by atoms with E-state index in [-0.39, 0.29) is 38.0 Å². The maximum Gasteiger partial charge on any atom is 0.414 e. The molecule has 2 aliphatic heterocycles. The number of carbonyl (C=O) groups excluding carboxylic acids is 4. The third kappa shape index (κ3) is 12.1. The molecule has 0 bridgehead atoms. The maximum absolute atomic E-state index is 14.9. The Morgan fingerprint density at radius 3 is 1.60 bits per heavy atom. The van der Waals surface area contributed by atoms with E-state index in [0.717, 1.165) is 22.3 Å². The summed E-state index contributed by atoms with van der Waals surface area (Å²) in [6.45, 7) is 4.29. The van der Waals surface area contributed by atoms with Crippen molar-refractivity contribution in [2.24, 2.45) is 0 Å². The van der Waals surface area contributed by atoms with Gasteiger partial charge in [0.15, 0.2) is 11.9 Å². The number of aromatic amines is 1. The van der Waals surface area contributed by atoms with E-state index in [0.29, 0.717) is 46.8 Å². The van der Waals surface area contributed by atoms with E-state index in [4.69, 9.17) is 32.5 Å². The van der Waals surface area contributed by atoms with Crippen molar-refractivity contribution in [3.8, 4) is 22.3 Å². The molecule has 2 saturated heterocycles. The number of nitrogens with zero attached hydrogens (tertiary/aromatic N) is 5. The third-order valence-corrected chi connectivity index (χ3v) is 10.0. The monoisotopic (exact) mass is 882 g/mol. The minimum absolute atomic E-state index is 0.199. The fourth-order valence-corrected chi connectivity index (χ4v) is 6.69. The first-order chi connectivity index (χ1) is 30.3. The van der Waals surface area contributed by atoms with Crippen molar-refractivity contribution in [2.75, 3.05) is 47.4 Å². The van der Waals surface area contributed by atoms with Gasteiger partial charge in [-0.15, -0.1) is 11.6 Å². The van der Waals surface area contributed by atoms with E-state index >= 15 is 0 Å². The van der Waals surface area contributed by atoms with Crippen molar-refractivity contribution in [3.05, 3.63) is 132 Å². The van der Waals surface area contributed by atoms with Crippen LogP contribution in [0.4, 0.5) is 41.6 Å². The zero-order valence-electron chi connectivity index (χ0n) is 34.3. The second kappa shape index (κ2) is 20.9. The highest BCUT2D eigenvalue weighted by molar-refractivity contribution is 6.17.